The fraction of sp³-hybridized carbons (Fsp3) is 0.600. The van der Waals surface area contributed by atoms with Crippen LogP contribution in [-0.4, -0.2) is 6.04 Å². The van der Waals surface area contributed by atoms with Crippen molar-refractivity contribution in [1.82, 2.24) is 0 Å². The number of rotatable bonds is 2. The van der Waals surface area contributed by atoms with Crippen molar-refractivity contribution in [3.8, 4) is 0 Å². The van der Waals surface area contributed by atoms with Gasteiger partial charge in [-0.2, -0.15) is 0 Å². The molecule has 1 nitrogen and oxygen atoms in total. The molecule has 2 unspecified atom stereocenters. The van der Waals surface area contributed by atoms with Gasteiger partial charge in [0, 0.05) is 11.7 Å². The summed E-state index contributed by atoms with van der Waals surface area (Å²) in [5, 5.41) is 3.62. The Hall–Kier alpha value is -0.760. The van der Waals surface area contributed by atoms with Crippen LogP contribution < -0.4 is 5.32 Å². The molecule has 1 fully saturated rings. The highest BCUT2D eigenvalue weighted by atomic mass is 35.5. The van der Waals surface area contributed by atoms with Gasteiger partial charge in [0.15, 0.2) is 0 Å². The Morgan fingerprint density at radius 3 is 2.72 bits per heavy atom. The van der Waals surface area contributed by atoms with Gasteiger partial charge in [-0.3, -0.25) is 0 Å². The molecular formula is C15H21ClFN. The predicted octanol–water partition coefficient (Wildman–Crippen LogP) is 5.11. The van der Waals surface area contributed by atoms with Crippen LogP contribution in [0.4, 0.5) is 10.1 Å². The van der Waals surface area contributed by atoms with E-state index in [4.69, 9.17) is 11.6 Å². The molecule has 18 heavy (non-hydrogen) atoms. The molecular weight excluding hydrogens is 249 g/mol. The molecule has 0 heterocycles. The van der Waals surface area contributed by atoms with Crippen molar-refractivity contribution in [1.29, 1.82) is 0 Å². The van der Waals surface area contributed by atoms with Gasteiger partial charge < -0.3 is 5.32 Å². The average Bonchev–Trinajstić information content (AvgIpc) is 2.27. The van der Waals surface area contributed by atoms with Crippen LogP contribution in [0.3, 0.4) is 0 Å². The van der Waals surface area contributed by atoms with Gasteiger partial charge in [-0.25, -0.2) is 4.39 Å². The van der Waals surface area contributed by atoms with E-state index in [1.807, 2.05) is 6.07 Å². The summed E-state index contributed by atoms with van der Waals surface area (Å²) in [5.41, 5.74) is 1.26. The Morgan fingerprint density at radius 2 is 2.11 bits per heavy atom. The summed E-state index contributed by atoms with van der Waals surface area (Å²) >= 11 is 5.69. The quantitative estimate of drug-likeness (QED) is 0.787. The molecule has 2 rings (SSSR count). The molecule has 1 aliphatic rings. The van der Waals surface area contributed by atoms with Crippen LogP contribution in [0.15, 0.2) is 18.2 Å². The van der Waals surface area contributed by atoms with Crippen LogP contribution in [0.25, 0.3) is 0 Å². The molecule has 1 N–H and O–H groups in total. The number of hydrogen-bond donors (Lipinski definition) is 1. The van der Waals surface area contributed by atoms with E-state index in [1.54, 1.807) is 6.07 Å². The van der Waals surface area contributed by atoms with Gasteiger partial charge in [-0.05, 0) is 48.8 Å². The molecule has 1 aromatic carbocycles. The third kappa shape index (κ3) is 3.17. The predicted molar refractivity (Wildman–Crippen MR) is 75.6 cm³/mol. The monoisotopic (exact) mass is 269 g/mol. The van der Waals surface area contributed by atoms with Crippen LogP contribution in [0.1, 0.15) is 40.0 Å². The third-order valence-corrected chi connectivity index (χ3v) is 4.27. The standard InChI is InChI=1S/C15H21ClFN/c1-10-9-15(2,3)7-6-14(10)18-11-4-5-12(16)13(17)8-11/h4-5,8,10,14,18H,6-7,9H2,1-3H3. The van der Waals surface area contributed by atoms with E-state index in [0.717, 1.165) is 12.1 Å². The van der Waals surface area contributed by atoms with Gasteiger partial charge in [0.25, 0.3) is 0 Å². The Bertz CT molecular complexity index is 431. The highest BCUT2D eigenvalue weighted by Crippen LogP contribution is 2.39. The number of nitrogens with one attached hydrogen (secondary N) is 1. The number of benzene rings is 1. The summed E-state index contributed by atoms with van der Waals surface area (Å²) in [7, 11) is 0. The smallest absolute Gasteiger partial charge is 0.143 e. The first-order valence-corrected chi connectivity index (χ1v) is 6.97. The van der Waals surface area contributed by atoms with Gasteiger partial charge in [-0.1, -0.05) is 32.4 Å². The molecule has 2 atom stereocenters. The average molecular weight is 270 g/mol. The maximum Gasteiger partial charge on any atom is 0.143 e. The normalized spacial score (nSPS) is 26.9. The van der Waals surface area contributed by atoms with E-state index in [1.165, 1.54) is 18.9 Å². The van der Waals surface area contributed by atoms with E-state index in [9.17, 15) is 4.39 Å². The Kier molecular flexibility index (Phi) is 3.86. The summed E-state index contributed by atoms with van der Waals surface area (Å²) in [4.78, 5) is 0. The molecule has 1 aromatic rings. The van der Waals surface area contributed by atoms with Crippen molar-refractivity contribution in [3.05, 3.63) is 29.0 Å². The lowest BCUT2D eigenvalue weighted by Crippen LogP contribution is -2.36. The zero-order chi connectivity index (χ0) is 13.3. The summed E-state index contributed by atoms with van der Waals surface area (Å²) in [6.07, 6.45) is 3.56. The fourth-order valence-corrected chi connectivity index (χ4v) is 3.08. The van der Waals surface area contributed by atoms with Crippen LogP contribution >= 0.6 is 11.6 Å². The van der Waals surface area contributed by atoms with Crippen molar-refractivity contribution in [2.24, 2.45) is 11.3 Å². The second kappa shape index (κ2) is 5.08. The lowest BCUT2D eigenvalue weighted by Gasteiger charge is -2.40. The van der Waals surface area contributed by atoms with Gasteiger partial charge in [0.05, 0.1) is 5.02 Å². The van der Waals surface area contributed by atoms with Crippen LogP contribution in [-0.2, 0) is 0 Å². The molecule has 0 bridgehead atoms. The van der Waals surface area contributed by atoms with E-state index in [2.05, 4.69) is 26.1 Å². The van der Waals surface area contributed by atoms with Crippen LogP contribution in [0.5, 0.6) is 0 Å². The first-order valence-electron chi connectivity index (χ1n) is 6.59. The molecule has 3 heteroatoms. The van der Waals surface area contributed by atoms with Gasteiger partial charge >= 0.3 is 0 Å². The summed E-state index contributed by atoms with van der Waals surface area (Å²) < 4.78 is 13.4. The number of hydrogen-bond acceptors (Lipinski definition) is 1. The van der Waals surface area contributed by atoms with Crippen LogP contribution in [0, 0.1) is 17.2 Å². The zero-order valence-electron chi connectivity index (χ0n) is 11.3. The highest BCUT2D eigenvalue weighted by Gasteiger charge is 2.32. The van der Waals surface area contributed by atoms with Crippen molar-refractivity contribution < 1.29 is 4.39 Å². The third-order valence-electron chi connectivity index (χ3n) is 3.97. The molecule has 0 amide bonds. The Balaban J connectivity index is 2.03. The molecule has 0 aromatic heterocycles. The minimum Gasteiger partial charge on any atom is -0.382 e. The van der Waals surface area contributed by atoms with E-state index >= 15 is 0 Å². The van der Waals surface area contributed by atoms with Crippen molar-refractivity contribution >= 4 is 17.3 Å². The Labute approximate surface area is 114 Å². The maximum atomic E-state index is 13.4. The SMILES string of the molecule is CC1CC(C)(C)CCC1Nc1ccc(Cl)c(F)c1. The molecule has 0 saturated heterocycles. The summed E-state index contributed by atoms with van der Waals surface area (Å²) in [6.45, 7) is 6.91. The van der Waals surface area contributed by atoms with E-state index < -0.39 is 0 Å². The topological polar surface area (TPSA) is 12.0 Å². The van der Waals surface area contributed by atoms with E-state index in [0.29, 0.717) is 17.4 Å². The Morgan fingerprint density at radius 1 is 1.39 bits per heavy atom. The highest BCUT2D eigenvalue weighted by molar-refractivity contribution is 6.30. The molecule has 100 valence electrons. The number of anilines is 1. The fourth-order valence-electron chi connectivity index (χ4n) is 2.96. The van der Waals surface area contributed by atoms with Crippen molar-refractivity contribution in [2.75, 3.05) is 5.32 Å². The number of halogens is 2. The van der Waals surface area contributed by atoms with Gasteiger partial charge in [0.2, 0.25) is 0 Å². The first kappa shape index (κ1) is 13.7. The lowest BCUT2D eigenvalue weighted by molar-refractivity contribution is 0.177. The summed E-state index contributed by atoms with van der Waals surface area (Å²) in [5.74, 6) is 0.248. The zero-order valence-corrected chi connectivity index (χ0v) is 12.0. The van der Waals surface area contributed by atoms with Crippen LogP contribution in [0.2, 0.25) is 5.02 Å². The van der Waals surface area contributed by atoms with E-state index in [-0.39, 0.29) is 10.8 Å². The minimum absolute atomic E-state index is 0.179. The second-order valence-electron chi connectivity index (χ2n) is 6.26. The van der Waals surface area contributed by atoms with Crippen molar-refractivity contribution in [3.63, 3.8) is 0 Å². The molecule has 0 radical (unpaired) electrons. The molecule has 0 spiro atoms. The first-order chi connectivity index (χ1) is 8.37. The minimum atomic E-state index is -0.356. The summed E-state index contributed by atoms with van der Waals surface area (Å²) in [6, 6.07) is 5.36. The van der Waals surface area contributed by atoms with Gasteiger partial charge in [-0.15, -0.1) is 0 Å². The maximum absolute atomic E-state index is 13.4. The second-order valence-corrected chi connectivity index (χ2v) is 6.67. The van der Waals surface area contributed by atoms with Crippen molar-refractivity contribution in [2.45, 2.75) is 46.1 Å². The lowest BCUT2D eigenvalue weighted by atomic mass is 9.70. The largest absolute Gasteiger partial charge is 0.382 e. The van der Waals surface area contributed by atoms with Gasteiger partial charge in [0.1, 0.15) is 5.82 Å². The molecule has 0 aliphatic heterocycles. The molecule has 1 saturated carbocycles. The molecule has 1 aliphatic carbocycles.